The summed E-state index contributed by atoms with van der Waals surface area (Å²) in [4.78, 5) is 2.47. The fourth-order valence-electron chi connectivity index (χ4n) is 8.75. The van der Waals surface area contributed by atoms with Crippen LogP contribution in [0.5, 0.6) is 0 Å². The molecule has 3 nitrogen and oxygen atoms in total. The van der Waals surface area contributed by atoms with E-state index in [1.54, 1.807) is 0 Å². The number of rotatable bonds is 7. The van der Waals surface area contributed by atoms with Crippen molar-refractivity contribution in [2.45, 2.75) is 0 Å². The number of hydrogen-bond donors (Lipinski definition) is 0. The number of hydrogen-bond acceptors (Lipinski definition) is 2. The molecule has 0 aliphatic rings. The third-order valence-corrected chi connectivity index (χ3v) is 11.2. The van der Waals surface area contributed by atoms with Gasteiger partial charge in [-0.1, -0.05) is 176 Å². The second-order valence-electron chi connectivity index (χ2n) is 14.4. The van der Waals surface area contributed by atoms with E-state index in [4.69, 9.17) is 4.42 Å². The highest BCUT2D eigenvalue weighted by molar-refractivity contribution is 6.18. The Labute approximate surface area is 330 Å². The molecule has 57 heavy (non-hydrogen) atoms. The predicted molar refractivity (Wildman–Crippen MR) is 239 cm³/mol. The van der Waals surface area contributed by atoms with Crippen molar-refractivity contribution in [2.75, 3.05) is 4.90 Å². The van der Waals surface area contributed by atoms with Crippen LogP contribution < -0.4 is 4.90 Å². The Morgan fingerprint density at radius 3 is 1.63 bits per heavy atom. The topological polar surface area (TPSA) is 21.3 Å². The molecule has 2 aromatic heterocycles. The summed E-state index contributed by atoms with van der Waals surface area (Å²) < 4.78 is 9.13. The fourth-order valence-corrected chi connectivity index (χ4v) is 8.75. The number of para-hydroxylation sites is 6. The van der Waals surface area contributed by atoms with E-state index >= 15 is 0 Å². The molecule has 0 aliphatic carbocycles. The quantitative estimate of drug-likeness (QED) is 0.163. The average Bonchev–Trinajstić information content (AvgIpc) is 3.84. The zero-order valence-corrected chi connectivity index (χ0v) is 31.1. The molecule has 0 fully saturated rings. The Kier molecular flexibility index (Phi) is 7.82. The highest BCUT2D eigenvalue weighted by atomic mass is 16.3. The largest absolute Gasteiger partial charge is 0.455 e. The van der Waals surface area contributed by atoms with E-state index in [2.05, 4.69) is 222 Å². The first-order valence-electron chi connectivity index (χ1n) is 19.4. The molecule has 0 spiro atoms. The van der Waals surface area contributed by atoms with E-state index in [1.165, 1.54) is 21.9 Å². The van der Waals surface area contributed by atoms with Gasteiger partial charge in [-0.05, 0) is 53.6 Å². The van der Waals surface area contributed by atoms with Crippen LogP contribution >= 0.6 is 0 Å². The van der Waals surface area contributed by atoms with Gasteiger partial charge in [0, 0.05) is 43.8 Å². The van der Waals surface area contributed by atoms with Gasteiger partial charge < -0.3 is 13.9 Å². The van der Waals surface area contributed by atoms with E-state index in [0.717, 1.165) is 78.0 Å². The fraction of sp³-hybridized carbons (Fsp3) is 0. The van der Waals surface area contributed by atoms with Crippen LogP contribution in [0.25, 0.3) is 82.8 Å². The second-order valence-corrected chi connectivity index (χ2v) is 14.4. The van der Waals surface area contributed by atoms with E-state index in [1.807, 2.05) is 6.07 Å². The normalized spacial score (nSPS) is 11.5. The Hall–Kier alpha value is -7.62. The summed E-state index contributed by atoms with van der Waals surface area (Å²) in [6.45, 7) is 0. The van der Waals surface area contributed by atoms with Crippen molar-refractivity contribution in [1.29, 1.82) is 0 Å². The van der Waals surface area contributed by atoms with Gasteiger partial charge in [-0.3, -0.25) is 0 Å². The zero-order valence-electron chi connectivity index (χ0n) is 31.1. The maximum Gasteiger partial charge on any atom is 0.143 e. The molecule has 9 aromatic carbocycles. The van der Waals surface area contributed by atoms with Crippen molar-refractivity contribution >= 4 is 60.8 Å². The van der Waals surface area contributed by atoms with Gasteiger partial charge in [0.2, 0.25) is 0 Å². The number of furan rings is 1. The second kappa shape index (κ2) is 13.6. The summed E-state index contributed by atoms with van der Waals surface area (Å²) in [6.07, 6.45) is 0. The van der Waals surface area contributed by atoms with Gasteiger partial charge in [0.05, 0.1) is 33.8 Å². The highest BCUT2D eigenvalue weighted by Gasteiger charge is 2.26. The smallest absolute Gasteiger partial charge is 0.143 e. The van der Waals surface area contributed by atoms with Gasteiger partial charge in [-0.15, -0.1) is 0 Å². The molecule has 0 saturated carbocycles. The molecule has 0 aliphatic heterocycles. The SMILES string of the molecule is c1ccc(-c2ccccc2N(c2ccccc2-c2cccc3c2oc2ccccc23)c2cccc3c2c2ccccc2n3-c2ccccc2-c2ccccc2)cc1. The van der Waals surface area contributed by atoms with Crippen molar-refractivity contribution in [3.05, 3.63) is 218 Å². The molecule has 11 aromatic rings. The van der Waals surface area contributed by atoms with Gasteiger partial charge in [0.1, 0.15) is 11.2 Å². The van der Waals surface area contributed by atoms with E-state index in [-0.39, 0.29) is 0 Å². The van der Waals surface area contributed by atoms with Gasteiger partial charge >= 0.3 is 0 Å². The number of nitrogens with zero attached hydrogens (tertiary/aromatic N) is 2. The van der Waals surface area contributed by atoms with Crippen LogP contribution in [0, 0.1) is 0 Å². The van der Waals surface area contributed by atoms with Crippen LogP contribution in [-0.4, -0.2) is 4.57 Å². The maximum absolute atomic E-state index is 6.68. The summed E-state index contributed by atoms with van der Waals surface area (Å²) in [5.74, 6) is 0. The molecule has 0 atom stereocenters. The monoisotopic (exact) mass is 728 g/mol. The first kappa shape index (κ1) is 32.8. The number of anilines is 3. The lowest BCUT2D eigenvalue weighted by Gasteiger charge is -2.30. The third-order valence-electron chi connectivity index (χ3n) is 11.2. The van der Waals surface area contributed by atoms with Crippen LogP contribution in [0.3, 0.4) is 0 Å². The first-order chi connectivity index (χ1) is 28.3. The van der Waals surface area contributed by atoms with Crippen molar-refractivity contribution in [3.8, 4) is 39.1 Å². The van der Waals surface area contributed by atoms with Crippen molar-refractivity contribution in [2.24, 2.45) is 0 Å². The average molecular weight is 729 g/mol. The van der Waals surface area contributed by atoms with Crippen LogP contribution in [0.1, 0.15) is 0 Å². The van der Waals surface area contributed by atoms with Crippen LogP contribution in [0.4, 0.5) is 17.1 Å². The molecule has 3 heteroatoms. The summed E-state index contributed by atoms with van der Waals surface area (Å²) in [7, 11) is 0. The van der Waals surface area contributed by atoms with Crippen LogP contribution in [0.2, 0.25) is 0 Å². The van der Waals surface area contributed by atoms with Crippen LogP contribution in [0.15, 0.2) is 223 Å². The molecule has 0 N–H and O–H groups in total. The molecule has 0 unspecified atom stereocenters. The molecule has 2 heterocycles. The molecular formula is C54H36N2O. The lowest BCUT2D eigenvalue weighted by atomic mass is 9.97. The molecule has 0 amide bonds. The van der Waals surface area contributed by atoms with Crippen molar-refractivity contribution in [3.63, 3.8) is 0 Å². The molecule has 268 valence electrons. The molecule has 0 radical (unpaired) electrons. The van der Waals surface area contributed by atoms with Gasteiger partial charge in [0.25, 0.3) is 0 Å². The van der Waals surface area contributed by atoms with Crippen LogP contribution in [-0.2, 0) is 0 Å². The predicted octanol–water partition coefficient (Wildman–Crippen LogP) is 15.2. The minimum Gasteiger partial charge on any atom is -0.455 e. The Bertz CT molecular complexity index is 3250. The first-order valence-corrected chi connectivity index (χ1v) is 19.4. The Morgan fingerprint density at radius 1 is 0.333 bits per heavy atom. The summed E-state index contributed by atoms with van der Waals surface area (Å²) in [5.41, 5.74) is 15.2. The molecule has 11 rings (SSSR count). The Morgan fingerprint density at radius 2 is 0.842 bits per heavy atom. The number of benzene rings is 9. The molecule has 0 saturated heterocycles. The van der Waals surface area contributed by atoms with Gasteiger partial charge in [-0.2, -0.15) is 0 Å². The number of aromatic nitrogens is 1. The summed E-state index contributed by atoms with van der Waals surface area (Å²) in [6, 6.07) is 78.1. The standard InChI is InChI=1S/C54H36N2O/c1-3-19-37(20-4-1)39-23-7-12-30-46(39)55(48-32-14-9-25-41(48)43-28-17-29-44-42-26-11-16-36-52(42)57-54(43)44)50-34-18-35-51-53(50)45-27-10-15-33-49(45)56(51)47-31-13-8-24-40(47)38-21-5-2-6-22-38/h1-36H. The number of fused-ring (bicyclic) bond motifs is 6. The molecular weight excluding hydrogens is 693 g/mol. The maximum atomic E-state index is 6.68. The van der Waals surface area contributed by atoms with Crippen molar-refractivity contribution < 1.29 is 4.42 Å². The van der Waals surface area contributed by atoms with Gasteiger partial charge in [-0.25, -0.2) is 0 Å². The summed E-state index contributed by atoms with van der Waals surface area (Å²) in [5, 5.41) is 4.59. The Balaban J connectivity index is 1.24. The van der Waals surface area contributed by atoms with Crippen molar-refractivity contribution in [1.82, 2.24) is 4.57 Å². The third kappa shape index (κ3) is 5.36. The minimum absolute atomic E-state index is 0.884. The van der Waals surface area contributed by atoms with E-state index in [9.17, 15) is 0 Å². The zero-order chi connectivity index (χ0) is 37.7. The highest BCUT2D eigenvalue weighted by Crippen LogP contribution is 2.50. The molecule has 0 bridgehead atoms. The summed E-state index contributed by atoms with van der Waals surface area (Å²) >= 11 is 0. The van der Waals surface area contributed by atoms with Gasteiger partial charge in [0.15, 0.2) is 0 Å². The lowest BCUT2D eigenvalue weighted by Crippen LogP contribution is -2.13. The van der Waals surface area contributed by atoms with E-state index in [0.29, 0.717) is 0 Å². The minimum atomic E-state index is 0.884. The lowest BCUT2D eigenvalue weighted by molar-refractivity contribution is 0.670. The van der Waals surface area contributed by atoms with E-state index < -0.39 is 0 Å².